The van der Waals surface area contributed by atoms with Crippen LogP contribution in [0.25, 0.3) is 0 Å². The molecule has 3 aliphatic rings. The predicted molar refractivity (Wildman–Crippen MR) is 89.3 cm³/mol. The van der Waals surface area contributed by atoms with Crippen LogP contribution in [0.3, 0.4) is 0 Å². The standard InChI is InChI=1S/C18H21NO4S/c1-11(2)9-22-17(21)14-13-5-6-18(23-13)10-19(16(20)15(14)18)8-12-4-3-7-24-12/h3-7,11,13-15H,8-10H2,1-2H3/t13-,14?,15-,18+/m0/s1. The van der Waals surface area contributed by atoms with Crippen molar-refractivity contribution < 1.29 is 19.1 Å². The van der Waals surface area contributed by atoms with Crippen LogP contribution in [-0.2, 0) is 25.6 Å². The Morgan fingerprint density at radius 1 is 1.54 bits per heavy atom. The fourth-order valence-corrected chi connectivity index (χ4v) is 4.64. The van der Waals surface area contributed by atoms with Crippen molar-refractivity contribution in [2.45, 2.75) is 32.1 Å². The van der Waals surface area contributed by atoms with Crippen molar-refractivity contribution in [1.82, 2.24) is 4.90 Å². The quantitative estimate of drug-likeness (QED) is 0.605. The molecule has 0 radical (unpaired) electrons. The first-order valence-corrected chi connectivity index (χ1v) is 9.23. The van der Waals surface area contributed by atoms with Gasteiger partial charge in [-0.05, 0) is 17.4 Å². The summed E-state index contributed by atoms with van der Waals surface area (Å²) in [4.78, 5) is 28.5. The molecule has 1 spiro atoms. The fourth-order valence-electron chi connectivity index (χ4n) is 3.92. The van der Waals surface area contributed by atoms with Crippen molar-refractivity contribution in [3.8, 4) is 0 Å². The van der Waals surface area contributed by atoms with Gasteiger partial charge in [-0.2, -0.15) is 0 Å². The lowest BCUT2D eigenvalue weighted by molar-refractivity contribution is -0.154. The number of hydrogen-bond acceptors (Lipinski definition) is 5. The molecule has 2 saturated heterocycles. The third kappa shape index (κ3) is 2.40. The van der Waals surface area contributed by atoms with Gasteiger partial charge >= 0.3 is 5.97 Å². The van der Waals surface area contributed by atoms with Crippen molar-refractivity contribution in [3.05, 3.63) is 34.5 Å². The van der Waals surface area contributed by atoms with Crippen molar-refractivity contribution in [2.75, 3.05) is 13.2 Å². The average Bonchev–Trinajstić information content (AvgIpc) is 3.28. The maximum Gasteiger partial charge on any atom is 0.312 e. The van der Waals surface area contributed by atoms with E-state index in [0.717, 1.165) is 4.88 Å². The van der Waals surface area contributed by atoms with Crippen molar-refractivity contribution in [3.63, 3.8) is 0 Å². The van der Waals surface area contributed by atoms with Crippen molar-refractivity contribution >= 4 is 23.2 Å². The summed E-state index contributed by atoms with van der Waals surface area (Å²) in [5, 5.41) is 2.00. The molecule has 0 N–H and O–H groups in total. The topological polar surface area (TPSA) is 55.8 Å². The van der Waals surface area contributed by atoms with Gasteiger partial charge in [-0.25, -0.2) is 0 Å². The Bertz CT molecular complexity index is 683. The smallest absolute Gasteiger partial charge is 0.312 e. The summed E-state index contributed by atoms with van der Waals surface area (Å²) < 4.78 is 11.5. The Morgan fingerprint density at radius 2 is 2.38 bits per heavy atom. The number of hydrogen-bond donors (Lipinski definition) is 0. The van der Waals surface area contributed by atoms with Crippen LogP contribution < -0.4 is 0 Å². The molecule has 1 aromatic heterocycles. The number of nitrogens with zero attached hydrogens (tertiary/aromatic N) is 1. The lowest BCUT2D eigenvalue weighted by atomic mass is 9.77. The summed E-state index contributed by atoms with van der Waals surface area (Å²) in [7, 11) is 0. The highest BCUT2D eigenvalue weighted by Crippen LogP contribution is 2.52. The number of carbonyl (C=O) groups excluding carboxylic acids is 2. The molecular formula is C18H21NO4S. The van der Waals surface area contributed by atoms with E-state index >= 15 is 0 Å². The SMILES string of the molecule is CC(C)COC(=O)C1[C@@H]2C=C[C@]3(CN(Cc4cccs4)C(=O)[C@H]13)O2. The summed E-state index contributed by atoms with van der Waals surface area (Å²) in [5.74, 6) is -1.01. The second kappa shape index (κ2) is 5.70. The molecule has 4 rings (SSSR count). The molecule has 3 aliphatic heterocycles. The maximum absolute atomic E-state index is 13.0. The van der Waals surface area contributed by atoms with Crippen LogP contribution in [0.5, 0.6) is 0 Å². The minimum absolute atomic E-state index is 0.00162. The zero-order valence-electron chi connectivity index (χ0n) is 13.8. The average molecular weight is 347 g/mol. The molecule has 6 heteroatoms. The number of likely N-dealkylation sites (tertiary alicyclic amines) is 1. The zero-order chi connectivity index (χ0) is 16.9. The first-order valence-electron chi connectivity index (χ1n) is 8.35. The Hall–Kier alpha value is -1.66. The second-order valence-electron chi connectivity index (χ2n) is 7.20. The van der Waals surface area contributed by atoms with Gasteiger partial charge in [0, 0.05) is 4.88 Å². The summed E-state index contributed by atoms with van der Waals surface area (Å²) in [6.45, 7) is 5.45. The second-order valence-corrected chi connectivity index (χ2v) is 8.23. The summed E-state index contributed by atoms with van der Waals surface area (Å²) >= 11 is 1.63. The minimum Gasteiger partial charge on any atom is -0.465 e. The lowest BCUT2D eigenvalue weighted by Crippen LogP contribution is -2.40. The molecule has 2 bridgehead atoms. The van der Waals surface area contributed by atoms with Gasteiger partial charge in [0.05, 0.1) is 31.7 Å². The van der Waals surface area contributed by atoms with E-state index in [4.69, 9.17) is 9.47 Å². The van der Waals surface area contributed by atoms with E-state index in [0.29, 0.717) is 19.7 Å². The van der Waals surface area contributed by atoms with Crippen LogP contribution in [0, 0.1) is 17.8 Å². The third-order valence-electron chi connectivity index (χ3n) is 4.94. The van der Waals surface area contributed by atoms with Crippen LogP contribution >= 0.6 is 11.3 Å². The zero-order valence-corrected chi connectivity index (χ0v) is 14.6. The van der Waals surface area contributed by atoms with E-state index in [9.17, 15) is 9.59 Å². The number of carbonyl (C=O) groups is 2. The van der Waals surface area contributed by atoms with Gasteiger partial charge in [0.2, 0.25) is 5.91 Å². The maximum atomic E-state index is 13.0. The molecule has 4 heterocycles. The Labute approximate surface area is 145 Å². The monoisotopic (exact) mass is 347 g/mol. The van der Waals surface area contributed by atoms with E-state index in [1.54, 1.807) is 11.3 Å². The Kier molecular flexibility index (Phi) is 3.77. The van der Waals surface area contributed by atoms with Gasteiger partial charge in [0.15, 0.2) is 0 Å². The molecule has 2 fully saturated rings. The highest BCUT2D eigenvalue weighted by atomic mass is 32.1. The molecule has 0 aromatic carbocycles. The van der Waals surface area contributed by atoms with Crippen LogP contribution in [0.2, 0.25) is 0 Å². The predicted octanol–water partition coefficient (Wildman–Crippen LogP) is 2.23. The molecule has 0 aliphatic carbocycles. The highest BCUT2D eigenvalue weighted by molar-refractivity contribution is 7.09. The van der Waals surface area contributed by atoms with Gasteiger partial charge in [-0.1, -0.05) is 32.1 Å². The molecule has 5 nitrogen and oxygen atoms in total. The fraction of sp³-hybridized carbons (Fsp3) is 0.556. The van der Waals surface area contributed by atoms with Crippen LogP contribution in [0.1, 0.15) is 18.7 Å². The number of thiophene rings is 1. The van der Waals surface area contributed by atoms with Crippen molar-refractivity contribution in [2.24, 2.45) is 17.8 Å². The number of amides is 1. The molecule has 0 saturated carbocycles. The normalized spacial score (nSPS) is 33.5. The third-order valence-corrected chi connectivity index (χ3v) is 5.80. The Morgan fingerprint density at radius 3 is 3.08 bits per heavy atom. The van der Waals surface area contributed by atoms with Crippen molar-refractivity contribution in [1.29, 1.82) is 0 Å². The number of rotatable bonds is 5. The van der Waals surface area contributed by atoms with E-state index in [1.807, 2.05) is 48.4 Å². The largest absolute Gasteiger partial charge is 0.465 e. The minimum atomic E-state index is -0.652. The van der Waals surface area contributed by atoms with Gasteiger partial charge in [-0.15, -0.1) is 11.3 Å². The highest BCUT2D eigenvalue weighted by Gasteiger charge is 2.67. The Balaban J connectivity index is 1.54. The number of ether oxygens (including phenoxy) is 2. The van der Waals surface area contributed by atoms with Crippen LogP contribution in [0.4, 0.5) is 0 Å². The van der Waals surface area contributed by atoms with Crippen LogP contribution in [0.15, 0.2) is 29.7 Å². The molecule has 128 valence electrons. The molecule has 1 aromatic rings. The molecule has 1 amide bonds. The molecular weight excluding hydrogens is 326 g/mol. The van der Waals surface area contributed by atoms with Gasteiger partial charge in [0.25, 0.3) is 0 Å². The van der Waals surface area contributed by atoms with E-state index < -0.39 is 17.4 Å². The molecule has 4 atom stereocenters. The van der Waals surface area contributed by atoms with E-state index in [1.165, 1.54) is 0 Å². The summed E-state index contributed by atoms with van der Waals surface area (Å²) in [6.07, 6.45) is 3.56. The molecule has 24 heavy (non-hydrogen) atoms. The van der Waals surface area contributed by atoms with E-state index in [2.05, 4.69) is 0 Å². The van der Waals surface area contributed by atoms with Crippen LogP contribution in [-0.4, -0.2) is 41.6 Å². The lowest BCUT2D eigenvalue weighted by Gasteiger charge is -2.23. The van der Waals surface area contributed by atoms with Gasteiger partial charge in [0.1, 0.15) is 11.5 Å². The van der Waals surface area contributed by atoms with Gasteiger partial charge < -0.3 is 14.4 Å². The number of esters is 1. The molecule has 1 unspecified atom stereocenters. The number of fused-ring (bicyclic) bond motifs is 1. The summed E-state index contributed by atoms with van der Waals surface area (Å²) in [5.41, 5.74) is -0.652. The van der Waals surface area contributed by atoms with Gasteiger partial charge in [-0.3, -0.25) is 9.59 Å². The van der Waals surface area contributed by atoms with E-state index in [-0.39, 0.29) is 23.9 Å². The first kappa shape index (κ1) is 15.8. The summed E-state index contributed by atoms with van der Waals surface area (Å²) in [6, 6.07) is 4.00. The first-order chi connectivity index (χ1) is 11.5.